The van der Waals surface area contributed by atoms with E-state index in [-0.39, 0.29) is 0 Å². The van der Waals surface area contributed by atoms with Gasteiger partial charge in [0, 0.05) is 51.4 Å². The fourth-order valence-electron chi connectivity index (χ4n) is 2.81. The van der Waals surface area contributed by atoms with E-state index >= 15 is 0 Å². The van der Waals surface area contributed by atoms with E-state index in [1.54, 1.807) is 0 Å². The van der Waals surface area contributed by atoms with E-state index < -0.39 is 0 Å². The Kier molecular flexibility index (Phi) is 6.05. The molecule has 4 heteroatoms. The van der Waals surface area contributed by atoms with Crippen LogP contribution in [0.5, 0.6) is 0 Å². The third-order valence-corrected chi connectivity index (χ3v) is 4.27. The number of likely N-dealkylation sites (N-methyl/N-ethyl adjacent to an activating group) is 1. The van der Waals surface area contributed by atoms with Gasteiger partial charge in [-0.15, -0.1) is 0 Å². The van der Waals surface area contributed by atoms with E-state index in [4.69, 9.17) is 0 Å². The van der Waals surface area contributed by atoms with Crippen LogP contribution >= 0.6 is 0 Å². The summed E-state index contributed by atoms with van der Waals surface area (Å²) < 4.78 is 0. The molecular formula is C17H27N3O. The number of piperazine rings is 1. The second-order valence-electron chi connectivity index (χ2n) is 5.48. The third-order valence-electron chi connectivity index (χ3n) is 4.27. The Morgan fingerprint density at radius 3 is 2.33 bits per heavy atom. The molecule has 1 heterocycles. The Morgan fingerprint density at radius 2 is 1.76 bits per heavy atom. The van der Waals surface area contributed by atoms with Gasteiger partial charge in [-0.1, -0.05) is 25.1 Å². The van der Waals surface area contributed by atoms with Gasteiger partial charge in [0.25, 0.3) is 0 Å². The first-order valence-corrected chi connectivity index (χ1v) is 8.04. The van der Waals surface area contributed by atoms with Crippen molar-refractivity contribution in [3.05, 3.63) is 30.3 Å². The van der Waals surface area contributed by atoms with Crippen LogP contribution in [0.1, 0.15) is 20.3 Å². The van der Waals surface area contributed by atoms with E-state index in [1.165, 1.54) is 5.69 Å². The molecule has 0 atom stereocenters. The Balaban J connectivity index is 1.80. The maximum absolute atomic E-state index is 12.3. The van der Waals surface area contributed by atoms with Gasteiger partial charge < -0.3 is 14.7 Å². The number of hydrogen-bond acceptors (Lipinski definition) is 3. The van der Waals surface area contributed by atoms with Crippen molar-refractivity contribution in [2.45, 2.75) is 20.3 Å². The molecule has 1 aliphatic rings. The number of para-hydroxylation sites is 1. The predicted octanol–water partition coefficient (Wildman–Crippen LogP) is 2.07. The minimum Gasteiger partial charge on any atom is -0.371 e. The van der Waals surface area contributed by atoms with Crippen LogP contribution in [0.25, 0.3) is 0 Å². The van der Waals surface area contributed by atoms with Crippen LogP contribution in [0.15, 0.2) is 30.3 Å². The zero-order valence-corrected chi connectivity index (χ0v) is 13.3. The fourth-order valence-corrected chi connectivity index (χ4v) is 2.81. The summed E-state index contributed by atoms with van der Waals surface area (Å²) in [6.07, 6.45) is 0.606. The molecule has 0 bridgehead atoms. The maximum atomic E-state index is 12.3. The molecule has 0 unspecified atom stereocenters. The Morgan fingerprint density at radius 1 is 1.10 bits per heavy atom. The van der Waals surface area contributed by atoms with Crippen molar-refractivity contribution in [3.63, 3.8) is 0 Å². The number of amides is 1. The Hall–Kier alpha value is -1.55. The van der Waals surface area contributed by atoms with Crippen molar-refractivity contribution in [2.75, 3.05) is 50.7 Å². The highest BCUT2D eigenvalue weighted by molar-refractivity contribution is 5.77. The van der Waals surface area contributed by atoms with Crippen LogP contribution in [0, 0.1) is 0 Å². The Labute approximate surface area is 128 Å². The number of nitrogens with zero attached hydrogens (tertiary/aromatic N) is 3. The lowest BCUT2D eigenvalue weighted by molar-refractivity contribution is -0.132. The van der Waals surface area contributed by atoms with Gasteiger partial charge in [0.05, 0.1) is 0 Å². The monoisotopic (exact) mass is 289 g/mol. The molecule has 0 aromatic heterocycles. The second kappa shape index (κ2) is 8.03. The van der Waals surface area contributed by atoms with Crippen molar-refractivity contribution in [3.8, 4) is 0 Å². The largest absolute Gasteiger partial charge is 0.371 e. The van der Waals surface area contributed by atoms with Gasteiger partial charge in [-0.3, -0.25) is 4.79 Å². The zero-order valence-electron chi connectivity index (χ0n) is 13.3. The van der Waals surface area contributed by atoms with Gasteiger partial charge in [0.2, 0.25) is 5.91 Å². The molecule has 1 aromatic rings. The topological polar surface area (TPSA) is 26.8 Å². The van der Waals surface area contributed by atoms with Crippen molar-refractivity contribution in [1.29, 1.82) is 0 Å². The fraction of sp³-hybridized carbons (Fsp3) is 0.588. The summed E-state index contributed by atoms with van der Waals surface area (Å²) in [5.74, 6) is 0.292. The molecular weight excluding hydrogens is 262 g/mol. The molecule has 0 spiro atoms. The summed E-state index contributed by atoms with van der Waals surface area (Å²) in [6, 6.07) is 10.3. The summed E-state index contributed by atoms with van der Waals surface area (Å²) in [5.41, 5.74) is 1.20. The van der Waals surface area contributed by atoms with Crippen molar-refractivity contribution >= 4 is 11.6 Å². The molecule has 0 saturated carbocycles. The third kappa shape index (κ3) is 4.46. The van der Waals surface area contributed by atoms with Gasteiger partial charge in [-0.25, -0.2) is 0 Å². The maximum Gasteiger partial charge on any atom is 0.224 e. The average Bonchev–Trinajstić information content (AvgIpc) is 2.56. The molecule has 1 aliphatic heterocycles. The van der Waals surface area contributed by atoms with Crippen LogP contribution in [-0.4, -0.2) is 61.5 Å². The highest BCUT2D eigenvalue weighted by Gasteiger charge is 2.20. The summed E-state index contributed by atoms with van der Waals surface area (Å²) in [7, 11) is 0. The molecule has 2 rings (SSSR count). The van der Waals surface area contributed by atoms with Crippen molar-refractivity contribution in [1.82, 2.24) is 9.80 Å². The molecule has 1 aromatic carbocycles. The standard InChI is InChI=1S/C17H27N3O/c1-3-18-12-14-20(15-13-18)17(21)10-11-19(4-2)16-8-6-5-7-9-16/h5-9H,3-4,10-15H2,1-2H3. The smallest absolute Gasteiger partial charge is 0.224 e. The minimum atomic E-state index is 0.292. The minimum absolute atomic E-state index is 0.292. The lowest BCUT2D eigenvalue weighted by atomic mass is 10.2. The summed E-state index contributed by atoms with van der Waals surface area (Å²) >= 11 is 0. The highest BCUT2D eigenvalue weighted by atomic mass is 16.2. The number of benzene rings is 1. The van der Waals surface area contributed by atoms with Crippen LogP contribution in [-0.2, 0) is 4.79 Å². The van der Waals surface area contributed by atoms with Crippen LogP contribution in [0.4, 0.5) is 5.69 Å². The first-order chi connectivity index (χ1) is 10.2. The quantitative estimate of drug-likeness (QED) is 0.802. The molecule has 0 N–H and O–H groups in total. The first-order valence-electron chi connectivity index (χ1n) is 8.04. The van der Waals surface area contributed by atoms with Gasteiger partial charge in [0.15, 0.2) is 0 Å². The average molecular weight is 289 g/mol. The molecule has 116 valence electrons. The molecule has 1 fully saturated rings. The van der Waals surface area contributed by atoms with E-state index in [2.05, 4.69) is 35.8 Å². The van der Waals surface area contributed by atoms with Crippen LogP contribution in [0.3, 0.4) is 0 Å². The number of hydrogen-bond donors (Lipinski definition) is 0. The van der Waals surface area contributed by atoms with E-state index in [0.717, 1.165) is 45.8 Å². The molecule has 1 saturated heterocycles. The summed E-state index contributed by atoms with van der Waals surface area (Å²) in [6.45, 7) is 10.9. The van der Waals surface area contributed by atoms with E-state index in [0.29, 0.717) is 12.3 Å². The van der Waals surface area contributed by atoms with Gasteiger partial charge in [0.1, 0.15) is 0 Å². The lowest BCUT2D eigenvalue weighted by Crippen LogP contribution is -2.49. The van der Waals surface area contributed by atoms with Gasteiger partial charge >= 0.3 is 0 Å². The summed E-state index contributed by atoms with van der Waals surface area (Å²) in [4.78, 5) is 19.0. The molecule has 0 radical (unpaired) electrons. The Bertz CT molecular complexity index is 427. The van der Waals surface area contributed by atoms with Gasteiger partial charge in [-0.05, 0) is 25.6 Å². The number of carbonyl (C=O) groups is 1. The van der Waals surface area contributed by atoms with E-state index in [9.17, 15) is 4.79 Å². The van der Waals surface area contributed by atoms with E-state index in [1.807, 2.05) is 23.1 Å². The van der Waals surface area contributed by atoms with Crippen LogP contribution in [0.2, 0.25) is 0 Å². The molecule has 1 amide bonds. The van der Waals surface area contributed by atoms with Crippen molar-refractivity contribution < 1.29 is 4.79 Å². The zero-order chi connectivity index (χ0) is 15.1. The highest BCUT2D eigenvalue weighted by Crippen LogP contribution is 2.13. The normalized spacial score (nSPS) is 16.0. The lowest BCUT2D eigenvalue weighted by Gasteiger charge is -2.34. The first kappa shape index (κ1) is 15.8. The molecule has 0 aliphatic carbocycles. The predicted molar refractivity (Wildman–Crippen MR) is 87.6 cm³/mol. The molecule has 4 nitrogen and oxygen atoms in total. The summed E-state index contributed by atoms with van der Waals surface area (Å²) in [5, 5.41) is 0. The SMILES string of the molecule is CCN1CCN(C(=O)CCN(CC)c2ccccc2)CC1. The number of rotatable bonds is 6. The number of carbonyl (C=O) groups excluding carboxylic acids is 1. The van der Waals surface area contributed by atoms with Gasteiger partial charge in [-0.2, -0.15) is 0 Å². The number of anilines is 1. The van der Waals surface area contributed by atoms with Crippen LogP contribution < -0.4 is 4.90 Å². The molecule has 21 heavy (non-hydrogen) atoms. The second-order valence-corrected chi connectivity index (χ2v) is 5.48. The van der Waals surface area contributed by atoms with Crippen molar-refractivity contribution in [2.24, 2.45) is 0 Å².